The molecule has 100 valence electrons. The number of nitrogens with zero attached hydrogens (tertiary/aromatic N) is 1. The maximum Gasteiger partial charge on any atom is 0.242 e. The van der Waals surface area contributed by atoms with E-state index in [-0.39, 0.29) is 5.91 Å². The van der Waals surface area contributed by atoms with Crippen molar-refractivity contribution >= 4 is 17.2 Å². The molecule has 0 fully saturated rings. The van der Waals surface area contributed by atoms with Gasteiger partial charge in [0.25, 0.3) is 0 Å². The maximum atomic E-state index is 11.9. The Bertz CT molecular complexity index is 543. The highest BCUT2D eigenvalue weighted by Gasteiger charge is 2.16. The molecule has 19 heavy (non-hydrogen) atoms. The number of amides is 1. The Morgan fingerprint density at radius 2 is 2.37 bits per heavy atom. The van der Waals surface area contributed by atoms with Gasteiger partial charge in [0.05, 0.1) is 7.11 Å². The third-order valence-electron chi connectivity index (χ3n) is 2.63. The molecule has 0 saturated heterocycles. The van der Waals surface area contributed by atoms with E-state index in [1.165, 1.54) is 11.3 Å². The van der Waals surface area contributed by atoms with Gasteiger partial charge >= 0.3 is 0 Å². The number of ether oxygens (including phenoxy) is 1. The van der Waals surface area contributed by atoms with Gasteiger partial charge in [-0.05, 0) is 17.5 Å². The van der Waals surface area contributed by atoms with Crippen LogP contribution in [0.1, 0.15) is 16.5 Å². The van der Waals surface area contributed by atoms with Crippen molar-refractivity contribution in [3.8, 4) is 5.88 Å². The smallest absolute Gasteiger partial charge is 0.242 e. The molecule has 0 bridgehead atoms. The second kappa shape index (κ2) is 6.31. The van der Waals surface area contributed by atoms with Crippen LogP contribution >= 0.6 is 11.3 Å². The standard InChI is InChI=1S/C13H15N3O2S/c1-18-13-9(4-2-6-15-13)8-16-12(17)11(14)10-5-3-7-19-10/h2-7,11H,8,14H2,1H3,(H,16,17). The van der Waals surface area contributed by atoms with Crippen LogP contribution in [0.15, 0.2) is 35.8 Å². The average Bonchev–Trinajstić information content (AvgIpc) is 2.98. The molecule has 1 atom stereocenters. The van der Waals surface area contributed by atoms with Crippen molar-refractivity contribution in [3.05, 3.63) is 46.3 Å². The van der Waals surface area contributed by atoms with Crippen molar-refractivity contribution in [2.45, 2.75) is 12.6 Å². The molecule has 2 heterocycles. The van der Waals surface area contributed by atoms with Gasteiger partial charge in [0, 0.05) is 23.2 Å². The summed E-state index contributed by atoms with van der Waals surface area (Å²) in [5, 5.41) is 4.68. The van der Waals surface area contributed by atoms with E-state index in [1.54, 1.807) is 19.4 Å². The molecule has 0 radical (unpaired) electrons. The van der Waals surface area contributed by atoms with Crippen molar-refractivity contribution in [2.24, 2.45) is 5.73 Å². The first kappa shape index (κ1) is 13.5. The largest absolute Gasteiger partial charge is 0.481 e. The number of pyridine rings is 1. The first-order valence-electron chi connectivity index (χ1n) is 5.77. The van der Waals surface area contributed by atoms with E-state index in [9.17, 15) is 4.79 Å². The van der Waals surface area contributed by atoms with Gasteiger partial charge in [-0.2, -0.15) is 0 Å². The number of nitrogens with one attached hydrogen (secondary N) is 1. The van der Waals surface area contributed by atoms with Gasteiger partial charge in [0.15, 0.2) is 0 Å². The highest BCUT2D eigenvalue weighted by atomic mass is 32.1. The van der Waals surface area contributed by atoms with E-state index in [4.69, 9.17) is 10.5 Å². The summed E-state index contributed by atoms with van der Waals surface area (Å²) in [6.07, 6.45) is 1.64. The zero-order valence-corrected chi connectivity index (χ0v) is 11.3. The van der Waals surface area contributed by atoms with Crippen molar-refractivity contribution < 1.29 is 9.53 Å². The number of rotatable bonds is 5. The van der Waals surface area contributed by atoms with Gasteiger partial charge in [-0.25, -0.2) is 4.98 Å². The predicted octanol–water partition coefficient (Wildman–Crippen LogP) is 1.47. The molecule has 6 heteroatoms. The predicted molar refractivity (Wildman–Crippen MR) is 73.9 cm³/mol. The fourth-order valence-corrected chi connectivity index (χ4v) is 2.36. The van der Waals surface area contributed by atoms with Gasteiger partial charge in [-0.1, -0.05) is 12.1 Å². The molecule has 0 aromatic carbocycles. The summed E-state index contributed by atoms with van der Waals surface area (Å²) in [7, 11) is 1.55. The average molecular weight is 277 g/mol. The number of carbonyl (C=O) groups excluding carboxylic acids is 1. The Hall–Kier alpha value is -1.92. The number of nitrogens with two attached hydrogens (primary N) is 1. The second-order valence-corrected chi connectivity index (χ2v) is 4.86. The molecule has 2 rings (SSSR count). The fourth-order valence-electron chi connectivity index (χ4n) is 1.63. The molecule has 0 saturated carbocycles. The SMILES string of the molecule is COc1ncccc1CNC(=O)C(N)c1cccs1. The molecule has 0 aliphatic heterocycles. The van der Waals surface area contributed by atoms with Gasteiger partial charge < -0.3 is 15.8 Å². The van der Waals surface area contributed by atoms with E-state index in [0.717, 1.165) is 10.4 Å². The topological polar surface area (TPSA) is 77.2 Å². The molecule has 2 aromatic rings. The van der Waals surface area contributed by atoms with Crippen LogP contribution in [0.5, 0.6) is 5.88 Å². The van der Waals surface area contributed by atoms with Crippen LogP contribution in [0.2, 0.25) is 0 Å². The van der Waals surface area contributed by atoms with E-state index in [2.05, 4.69) is 10.3 Å². The van der Waals surface area contributed by atoms with E-state index < -0.39 is 6.04 Å². The number of hydrogen-bond acceptors (Lipinski definition) is 5. The number of hydrogen-bond donors (Lipinski definition) is 2. The lowest BCUT2D eigenvalue weighted by molar-refractivity contribution is -0.122. The fraction of sp³-hybridized carbons (Fsp3) is 0.231. The van der Waals surface area contributed by atoms with E-state index in [0.29, 0.717) is 12.4 Å². The molecule has 1 unspecified atom stereocenters. The summed E-state index contributed by atoms with van der Waals surface area (Å²) in [6.45, 7) is 0.342. The zero-order chi connectivity index (χ0) is 13.7. The van der Waals surface area contributed by atoms with Crippen LogP contribution in [-0.4, -0.2) is 18.0 Å². The molecule has 3 N–H and O–H groups in total. The van der Waals surface area contributed by atoms with Crippen LogP contribution in [0.3, 0.4) is 0 Å². The zero-order valence-electron chi connectivity index (χ0n) is 10.5. The minimum absolute atomic E-state index is 0.214. The molecular weight excluding hydrogens is 262 g/mol. The molecule has 0 aliphatic carbocycles. The van der Waals surface area contributed by atoms with Crippen LogP contribution < -0.4 is 15.8 Å². The summed E-state index contributed by atoms with van der Waals surface area (Å²) in [5.74, 6) is 0.292. The Morgan fingerprint density at radius 1 is 1.53 bits per heavy atom. The quantitative estimate of drug-likeness (QED) is 0.867. The Labute approximate surface area is 115 Å². The maximum absolute atomic E-state index is 11.9. The molecule has 2 aromatic heterocycles. The summed E-state index contributed by atoms with van der Waals surface area (Å²) in [4.78, 5) is 16.8. The lowest BCUT2D eigenvalue weighted by atomic mass is 10.2. The highest BCUT2D eigenvalue weighted by Crippen LogP contribution is 2.17. The summed E-state index contributed by atoms with van der Waals surface area (Å²) in [5.41, 5.74) is 6.69. The van der Waals surface area contributed by atoms with Crippen molar-refractivity contribution in [1.29, 1.82) is 0 Å². The Morgan fingerprint density at radius 3 is 3.05 bits per heavy atom. The van der Waals surface area contributed by atoms with Gasteiger partial charge in [-0.15, -0.1) is 11.3 Å². The monoisotopic (exact) mass is 277 g/mol. The molecule has 5 nitrogen and oxygen atoms in total. The lowest BCUT2D eigenvalue weighted by Gasteiger charge is -2.12. The summed E-state index contributed by atoms with van der Waals surface area (Å²) >= 11 is 1.47. The molecular formula is C13H15N3O2S. The number of carbonyl (C=O) groups is 1. The second-order valence-electron chi connectivity index (χ2n) is 3.88. The third kappa shape index (κ3) is 3.30. The minimum atomic E-state index is -0.636. The van der Waals surface area contributed by atoms with Crippen molar-refractivity contribution in [1.82, 2.24) is 10.3 Å². The Kier molecular flexibility index (Phi) is 4.48. The highest BCUT2D eigenvalue weighted by molar-refractivity contribution is 7.10. The van der Waals surface area contributed by atoms with E-state index in [1.807, 2.05) is 23.6 Å². The molecule has 1 amide bonds. The first-order valence-corrected chi connectivity index (χ1v) is 6.65. The number of methoxy groups -OCH3 is 1. The van der Waals surface area contributed by atoms with Crippen molar-refractivity contribution in [2.75, 3.05) is 7.11 Å². The normalized spacial score (nSPS) is 11.9. The van der Waals surface area contributed by atoms with Crippen LogP contribution in [0.4, 0.5) is 0 Å². The third-order valence-corrected chi connectivity index (χ3v) is 3.58. The number of thiophene rings is 1. The van der Waals surface area contributed by atoms with Crippen molar-refractivity contribution in [3.63, 3.8) is 0 Å². The first-order chi connectivity index (χ1) is 9.22. The number of aromatic nitrogens is 1. The van der Waals surface area contributed by atoms with E-state index >= 15 is 0 Å². The van der Waals surface area contributed by atoms with Gasteiger partial charge in [0.1, 0.15) is 6.04 Å². The molecule has 0 spiro atoms. The van der Waals surface area contributed by atoms with Gasteiger partial charge in [-0.3, -0.25) is 4.79 Å². The Balaban J connectivity index is 1.97. The molecule has 0 aliphatic rings. The lowest BCUT2D eigenvalue weighted by Crippen LogP contribution is -2.33. The van der Waals surface area contributed by atoms with Crippen LogP contribution in [0.25, 0.3) is 0 Å². The van der Waals surface area contributed by atoms with Gasteiger partial charge in [0.2, 0.25) is 11.8 Å². The minimum Gasteiger partial charge on any atom is -0.481 e. The summed E-state index contributed by atoms with van der Waals surface area (Å²) < 4.78 is 5.12. The van der Waals surface area contributed by atoms with Crippen LogP contribution in [0, 0.1) is 0 Å². The summed E-state index contributed by atoms with van der Waals surface area (Å²) in [6, 6.07) is 6.73. The van der Waals surface area contributed by atoms with Crippen LogP contribution in [-0.2, 0) is 11.3 Å².